The fraction of sp³-hybridized carbons (Fsp3) is 0.722. The third-order valence-electron chi connectivity index (χ3n) is 4.81. The van der Waals surface area contributed by atoms with Crippen molar-refractivity contribution in [3.63, 3.8) is 0 Å². The molecule has 1 aromatic heterocycles. The summed E-state index contributed by atoms with van der Waals surface area (Å²) in [5.41, 5.74) is 0.404. The quantitative estimate of drug-likeness (QED) is 0.784. The molecule has 0 aromatic carbocycles. The molecular formula is C18H28N4O3. The number of ether oxygens (including phenoxy) is 2. The lowest BCUT2D eigenvalue weighted by Gasteiger charge is -2.37. The summed E-state index contributed by atoms with van der Waals surface area (Å²) >= 11 is 0. The average molecular weight is 348 g/mol. The summed E-state index contributed by atoms with van der Waals surface area (Å²) in [5.74, 6) is 0.308. The molecule has 2 aliphatic heterocycles. The highest BCUT2D eigenvalue weighted by Gasteiger charge is 2.41. The molecule has 0 aliphatic carbocycles. The van der Waals surface area contributed by atoms with E-state index in [1.54, 1.807) is 6.07 Å². The molecule has 0 bridgehead atoms. The highest BCUT2D eigenvalue weighted by Crippen LogP contribution is 2.31. The van der Waals surface area contributed by atoms with Gasteiger partial charge in [0, 0.05) is 39.0 Å². The Kier molecular flexibility index (Phi) is 5.86. The number of hydrogen-bond acceptors (Lipinski definition) is 6. The van der Waals surface area contributed by atoms with Gasteiger partial charge < -0.3 is 19.3 Å². The molecule has 1 amide bonds. The first kappa shape index (κ1) is 18.1. The van der Waals surface area contributed by atoms with Crippen LogP contribution in [0.1, 0.15) is 50.0 Å². The van der Waals surface area contributed by atoms with Gasteiger partial charge in [-0.2, -0.15) is 0 Å². The third-order valence-corrected chi connectivity index (χ3v) is 4.81. The number of amides is 1. The van der Waals surface area contributed by atoms with Crippen LogP contribution in [0.4, 0.5) is 5.82 Å². The summed E-state index contributed by atoms with van der Waals surface area (Å²) in [6.45, 7) is 8.73. The molecule has 1 aromatic rings. The van der Waals surface area contributed by atoms with Gasteiger partial charge in [0.25, 0.3) is 5.91 Å². The van der Waals surface area contributed by atoms with Gasteiger partial charge >= 0.3 is 0 Å². The molecule has 3 rings (SSSR count). The normalized spacial score (nSPS) is 19.4. The van der Waals surface area contributed by atoms with Crippen LogP contribution in [-0.4, -0.2) is 66.2 Å². The second-order valence-corrected chi connectivity index (χ2v) is 6.66. The van der Waals surface area contributed by atoms with Crippen molar-refractivity contribution < 1.29 is 14.3 Å². The average Bonchev–Trinajstić information content (AvgIpc) is 3.10. The number of aromatic nitrogens is 2. The monoisotopic (exact) mass is 348 g/mol. The Labute approximate surface area is 149 Å². The van der Waals surface area contributed by atoms with Gasteiger partial charge in [0.2, 0.25) is 0 Å². The second kappa shape index (κ2) is 8.10. The number of carbonyl (C=O) groups is 1. The Morgan fingerprint density at radius 2 is 1.76 bits per heavy atom. The van der Waals surface area contributed by atoms with E-state index in [0.717, 1.165) is 31.7 Å². The minimum Gasteiger partial charge on any atom is -0.355 e. The van der Waals surface area contributed by atoms with Crippen molar-refractivity contribution in [1.82, 2.24) is 15.1 Å². The highest BCUT2D eigenvalue weighted by atomic mass is 16.7. The van der Waals surface area contributed by atoms with Gasteiger partial charge in [-0.15, -0.1) is 10.2 Å². The maximum atomic E-state index is 12.7. The van der Waals surface area contributed by atoms with E-state index in [-0.39, 0.29) is 5.91 Å². The van der Waals surface area contributed by atoms with Crippen LogP contribution in [0, 0.1) is 0 Å². The summed E-state index contributed by atoms with van der Waals surface area (Å²) in [6.07, 6.45) is 3.54. The number of piperidine rings is 1. The van der Waals surface area contributed by atoms with Crippen molar-refractivity contribution in [1.29, 1.82) is 0 Å². The smallest absolute Gasteiger partial charge is 0.274 e. The molecule has 7 heteroatoms. The Balaban J connectivity index is 1.61. The van der Waals surface area contributed by atoms with Crippen molar-refractivity contribution >= 4 is 11.7 Å². The number of likely N-dealkylation sites (tertiary alicyclic amines) is 1. The summed E-state index contributed by atoms with van der Waals surface area (Å²) in [4.78, 5) is 16.7. The Hall–Kier alpha value is -1.73. The summed E-state index contributed by atoms with van der Waals surface area (Å²) in [7, 11) is 0. The molecule has 3 heterocycles. The minimum absolute atomic E-state index is 0.0653. The van der Waals surface area contributed by atoms with E-state index in [1.165, 1.54) is 0 Å². The zero-order valence-electron chi connectivity index (χ0n) is 15.2. The van der Waals surface area contributed by atoms with Crippen molar-refractivity contribution in [2.45, 2.75) is 45.3 Å². The van der Waals surface area contributed by atoms with Crippen LogP contribution < -0.4 is 4.90 Å². The van der Waals surface area contributed by atoms with E-state index in [0.29, 0.717) is 44.8 Å². The highest BCUT2D eigenvalue weighted by molar-refractivity contribution is 5.92. The lowest BCUT2D eigenvalue weighted by Crippen LogP contribution is -2.47. The summed E-state index contributed by atoms with van der Waals surface area (Å²) in [6, 6.07) is 3.69. The van der Waals surface area contributed by atoms with Crippen LogP contribution in [0.3, 0.4) is 0 Å². The molecule has 0 N–H and O–H groups in total. The lowest BCUT2D eigenvalue weighted by atomic mass is 10.0. The first-order valence-corrected chi connectivity index (χ1v) is 9.33. The van der Waals surface area contributed by atoms with E-state index in [1.807, 2.05) is 11.0 Å². The van der Waals surface area contributed by atoms with Crippen molar-refractivity contribution in [2.24, 2.45) is 0 Å². The lowest BCUT2D eigenvalue weighted by molar-refractivity contribution is -0.181. The van der Waals surface area contributed by atoms with E-state index in [4.69, 9.17) is 9.47 Å². The van der Waals surface area contributed by atoms with Crippen LogP contribution in [0.15, 0.2) is 12.1 Å². The van der Waals surface area contributed by atoms with E-state index in [2.05, 4.69) is 28.9 Å². The van der Waals surface area contributed by atoms with Gasteiger partial charge in [0.1, 0.15) is 0 Å². The Morgan fingerprint density at radius 1 is 1.12 bits per heavy atom. The predicted octanol–water partition coefficient (Wildman–Crippen LogP) is 2.08. The Bertz CT molecular complexity index is 556. The zero-order valence-corrected chi connectivity index (χ0v) is 15.2. The maximum absolute atomic E-state index is 12.7. The first-order valence-electron chi connectivity index (χ1n) is 9.33. The fourth-order valence-electron chi connectivity index (χ4n) is 3.49. The number of rotatable bonds is 6. The molecule has 0 radical (unpaired) electrons. The van der Waals surface area contributed by atoms with Crippen LogP contribution in [0.2, 0.25) is 0 Å². The van der Waals surface area contributed by atoms with Gasteiger partial charge in [-0.25, -0.2) is 0 Å². The molecule has 0 atom stereocenters. The topological polar surface area (TPSA) is 67.8 Å². The van der Waals surface area contributed by atoms with Gasteiger partial charge in [-0.05, 0) is 25.0 Å². The molecule has 1 spiro atoms. The van der Waals surface area contributed by atoms with Gasteiger partial charge in [-0.1, -0.05) is 13.8 Å². The summed E-state index contributed by atoms with van der Waals surface area (Å²) < 4.78 is 11.4. The molecule has 2 saturated heterocycles. The fourth-order valence-corrected chi connectivity index (χ4v) is 3.49. The number of anilines is 1. The molecule has 138 valence electrons. The van der Waals surface area contributed by atoms with Gasteiger partial charge in [0.05, 0.1) is 13.2 Å². The summed E-state index contributed by atoms with van der Waals surface area (Å²) in [5, 5.41) is 8.46. The first-order chi connectivity index (χ1) is 12.2. The molecule has 0 saturated carbocycles. The Morgan fingerprint density at radius 3 is 2.28 bits per heavy atom. The number of nitrogens with zero attached hydrogens (tertiary/aromatic N) is 4. The van der Waals surface area contributed by atoms with E-state index < -0.39 is 5.79 Å². The second-order valence-electron chi connectivity index (χ2n) is 6.66. The molecule has 2 aliphatic rings. The molecule has 2 fully saturated rings. The molecule has 0 unspecified atom stereocenters. The van der Waals surface area contributed by atoms with E-state index >= 15 is 0 Å². The van der Waals surface area contributed by atoms with Crippen LogP contribution in [0.5, 0.6) is 0 Å². The number of hydrogen-bond donors (Lipinski definition) is 0. The van der Waals surface area contributed by atoms with Gasteiger partial charge in [0.15, 0.2) is 17.3 Å². The molecule has 25 heavy (non-hydrogen) atoms. The standard InChI is InChI=1S/C18H28N4O3/c1-3-9-21(10-4-2)16-6-5-15(19-20-16)17(23)22-11-7-18(8-12-22)24-13-14-25-18/h5-6H,3-4,7-14H2,1-2H3. The van der Waals surface area contributed by atoms with Crippen LogP contribution in [-0.2, 0) is 9.47 Å². The van der Waals surface area contributed by atoms with Crippen LogP contribution >= 0.6 is 0 Å². The SMILES string of the molecule is CCCN(CCC)c1ccc(C(=O)N2CCC3(CC2)OCCO3)nn1. The molecular weight excluding hydrogens is 320 g/mol. The van der Waals surface area contributed by atoms with E-state index in [9.17, 15) is 4.79 Å². The van der Waals surface area contributed by atoms with Crippen molar-refractivity contribution in [3.05, 3.63) is 17.8 Å². The predicted molar refractivity (Wildman–Crippen MR) is 94.6 cm³/mol. The van der Waals surface area contributed by atoms with Crippen molar-refractivity contribution in [2.75, 3.05) is 44.3 Å². The van der Waals surface area contributed by atoms with Crippen molar-refractivity contribution in [3.8, 4) is 0 Å². The molecule has 7 nitrogen and oxygen atoms in total. The minimum atomic E-state index is -0.465. The maximum Gasteiger partial charge on any atom is 0.274 e. The number of carbonyl (C=O) groups excluding carboxylic acids is 1. The largest absolute Gasteiger partial charge is 0.355 e. The van der Waals surface area contributed by atoms with Crippen LogP contribution in [0.25, 0.3) is 0 Å². The zero-order chi connectivity index (χ0) is 17.7. The van der Waals surface area contributed by atoms with Gasteiger partial charge in [-0.3, -0.25) is 4.79 Å². The third kappa shape index (κ3) is 4.10.